The Morgan fingerprint density at radius 3 is 2.73 bits per heavy atom. The standard InChI is InChI=1S/C21H26N4O4S/c1-30(28,29)25-12-10-18-17(14-25)21(27)23-20(22-18)16-9-11-24(13-16)19(26)8-7-15-5-3-2-4-6-15/h2-6,16H,7-14H2,1H3,(H,22,23,27)/t16-/m1/s1. The van der Waals surface area contributed by atoms with Gasteiger partial charge in [-0.1, -0.05) is 30.3 Å². The van der Waals surface area contributed by atoms with E-state index < -0.39 is 10.0 Å². The van der Waals surface area contributed by atoms with Gasteiger partial charge in [0, 0.05) is 44.9 Å². The summed E-state index contributed by atoms with van der Waals surface area (Å²) in [6.07, 6.45) is 3.51. The smallest absolute Gasteiger partial charge is 0.255 e. The summed E-state index contributed by atoms with van der Waals surface area (Å²) in [5.41, 5.74) is 1.95. The second kappa shape index (κ2) is 8.31. The van der Waals surface area contributed by atoms with Crippen molar-refractivity contribution in [2.75, 3.05) is 25.9 Å². The first kappa shape index (κ1) is 20.7. The lowest BCUT2D eigenvalue weighted by molar-refractivity contribution is -0.130. The minimum Gasteiger partial charge on any atom is -0.342 e. The number of aromatic amines is 1. The highest BCUT2D eigenvalue weighted by Crippen LogP contribution is 2.26. The van der Waals surface area contributed by atoms with Crippen LogP contribution >= 0.6 is 0 Å². The summed E-state index contributed by atoms with van der Waals surface area (Å²) in [4.78, 5) is 34.5. The van der Waals surface area contributed by atoms with E-state index in [1.807, 2.05) is 35.2 Å². The summed E-state index contributed by atoms with van der Waals surface area (Å²) in [6, 6.07) is 9.94. The van der Waals surface area contributed by atoms with E-state index >= 15 is 0 Å². The molecule has 2 aliphatic rings. The van der Waals surface area contributed by atoms with Crippen molar-refractivity contribution in [3.05, 3.63) is 63.3 Å². The third-order valence-electron chi connectivity index (χ3n) is 5.92. The molecule has 2 aliphatic heterocycles. The van der Waals surface area contributed by atoms with E-state index in [4.69, 9.17) is 0 Å². The Hall–Kier alpha value is -2.52. The summed E-state index contributed by atoms with van der Waals surface area (Å²) in [7, 11) is -3.34. The molecule has 1 aromatic carbocycles. The van der Waals surface area contributed by atoms with Crippen molar-refractivity contribution in [2.24, 2.45) is 0 Å². The van der Waals surface area contributed by atoms with Crippen molar-refractivity contribution >= 4 is 15.9 Å². The van der Waals surface area contributed by atoms with Gasteiger partial charge in [0.1, 0.15) is 5.82 Å². The largest absolute Gasteiger partial charge is 0.342 e. The van der Waals surface area contributed by atoms with Crippen molar-refractivity contribution in [1.29, 1.82) is 0 Å². The van der Waals surface area contributed by atoms with Crippen molar-refractivity contribution < 1.29 is 13.2 Å². The van der Waals surface area contributed by atoms with E-state index in [1.54, 1.807) is 0 Å². The van der Waals surface area contributed by atoms with Crippen LogP contribution in [-0.4, -0.2) is 59.4 Å². The van der Waals surface area contributed by atoms with Crippen LogP contribution in [0.1, 0.15) is 41.4 Å². The third-order valence-corrected chi connectivity index (χ3v) is 7.17. The molecule has 1 atom stereocenters. The van der Waals surface area contributed by atoms with Gasteiger partial charge < -0.3 is 9.88 Å². The first-order valence-corrected chi connectivity index (χ1v) is 12.0. The number of sulfonamides is 1. The highest BCUT2D eigenvalue weighted by molar-refractivity contribution is 7.88. The number of nitrogens with zero attached hydrogens (tertiary/aromatic N) is 3. The van der Waals surface area contributed by atoms with Crippen molar-refractivity contribution in [2.45, 2.75) is 38.1 Å². The molecule has 0 unspecified atom stereocenters. The Morgan fingerprint density at radius 2 is 2.00 bits per heavy atom. The number of nitrogens with one attached hydrogen (secondary N) is 1. The maximum absolute atomic E-state index is 12.6. The number of aromatic nitrogens is 2. The molecular weight excluding hydrogens is 404 g/mol. The Kier molecular flexibility index (Phi) is 5.75. The molecule has 1 N–H and O–H groups in total. The van der Waals surface area contributed by atoms with Crippen molar-refractivity contribution in [3.8, 4) is 0 Å². The predicted octanol–water partition coefficient (Wildman–Crippen LogP) is 1.04. The van der Waals surface area contributed by atoms with Crippen LogP contribution in [0.3, 0.4) is 0 Å². The molecule has 1 saturated heterocycles. The molecule has 30 heavy (non-hydrogen) atoms. The molecule has 1 fully saturated rings. The van der Waals surface area contributed by atoms with Crippen LogP contribution in [0.25, 0.3) is 0 Å². The zero-order chi connectivity index (χ0) is 21.3. The van der Waals surface area contributed by atoms with Gasteiger partial charge in [0.2, 0.25) is 15.9 Å². The van der Waals surface area contributed by atoms with Crippen LogP contribution in [0.2, 0.25) is 0 Å². The zero-order valence-electron chi connectivity index (χ0n) is 17.0. The summed E-state index contributed by atoms with van der Waals surface area (Å²) in [5.74, 6) is 0.715. The molecule has 160 valence electrons. The maximum Gasteiger partial charge on any atom is 0.255 e. The normalized spacial score (nSPS) is 19.6. The number of aryl methyl sites for hydroxylation is 1. The molecule has 0 radical (unpaired) electrons. The molecule has 0 aliphatic carbocycles. The van der Waals surface area contributed by atoms with Gasteiger partial charge in [0.05, 0.1) is 17.5 Å². The Morgan fingerprint density at radius 1 is 1.23 bits per heavy atom. The van der Waals surface area contributed by atoms with E-state index in [-0.39, 0.29) is 23.9 Å². The van der Waals surface area contributed by atoms with Gasteiger partial charge in [0.25, 0.3) is 5.56 Å². The molecule has 1 aromatic heterocycles. The highest BCUT2D eigenvalue weighted by Gasteiger charge is 2.31. The van der Waals surface area contributed by atoms with E-state index in [1.165, 1.54) is 4.31 Å². The number of rotatable bonds is 5. The third kappa shape index (κ3) is 4.46. The monoisotopic (exact) mass is 430 g/mol. The number of H-pyrrole nitrogens is 1. The maximum atomic E-state index is 12.6. The second-order valence-corrected chi connectivity index (χ2v) is 10.0. The molecule has 8 nitrogen and oxygen atoms in total. The lowest BCUT2D eigenvalue weighted by Crippen LogP contribution is -2.39. The number of hydrogen-bond acceptors (Lipinski definition) is 5. The van der Waals surface area contributed by atoms with Gasteiger partial charge in [-0.05, 0) is 18.4 Å². The Labute approximate surface area is 176 Å². The molecule has 0 saturated carbocycles. The van der Waals surface area contributed by atoms with Crippen LogP contribution < -0.4 is 5.56 Å². The van der Waals surface area contributed by atoms with Gasteiger partial charge in [-0.25, -0.2) is 13.4 Å². The first-order chi connectivity index (χ1) is 14.3. The zero-order valence-corrected chi connectivity index (χ0v) is 17.8. The summed E-state index contributed by atoms with van der Waals surface area (Å²) < 4.78 is 24.9. The van der Waals surface area contributed by atoms with Crippen molar-refractivity contribution in [1.82, 2.24) is 19.2 Å². The molecule has 4 rings (SSSR count). The van der Waals surface area contributed by atoms with E-state index in [9.17, 15) is 18.0 Å². The lowest BCUT2D eigenvalue weighted by Gasteiger charge is -2.26. The van der Waals surface area contributed by atoms with E-state index in [0.717, 1.165) is 18.2 Å². The molecular formula is C21H26N4O4S. The number of amides is 1. The molecule has 0 spiro atoms. The average Bonchev–Trinajstić information content (AvgIpc) is 3.22. The molecule has 0 bridgehead atoms. The van der Waals surface area contributed by atoms with Gasteiger partial charge in [0.15, 0.2) is 0 Å². The topological polar surface area (TPSA) is 103 Å². The fourth-order valence-electron chi connectivity index (χ4n) is 4.16. The first-order valence-electron chi connectivity index (χ1n) is 10.2. The summed E-state index contributed by atoms with van der Waals surface area (Å²) in [6.45, 7) is 1.59. The molecule has 9 heteroatoms. The molecule has 3 heterocycles. The lowest BCUT2D eigenvalue weighted by atomic mass is 10.1. The van der Waals surface area contributed by atoms with Gasteiger partial charge in [-0.15, -0.1) is 0 Å². The fourth-order valence-corrected chi connectivity index (χ4v) is 4.95. The average molecular weight is 431 g/mol. The van der Waals surface area contributed by atoms with Crippen LogP contribution in [0, 0.1) is 0 Å². The Bertz CT molecular complexity index is 1100. The molecule has 1 amide bonds. The highest BCUT2D eigenvalue weighted by atomic mass is 32.2. The predicted molar refractivity (Wildman–Crippen MR) is 113 cm³/mol. The van der Waals surface area contributed by atoms with Crippen LogP contribution in [0.4, 0.5) is 0 Å². The van der Waals surface area contributed by atoms with E-state index in [2.05, 4.69) is 9.97 Å². The number of hydrogen-bond donors (Lipinski definition) is 1. The summed E-state index contributed by atoms with van der Waals surface area (Å²) >= 11 is 0. The quantitative estimate of drug-likeness (QED) is 0.763. The minimum absolute atomic E-state index is 0.00314. The molecule has 2 aromatic rings. The summed E-state index contributed by atoms with van der Waals surface area (Å²) in [5, 5.41) is 0. The Balaban J connectivity index is 1.41. The SMILES string of the molecule is CS(=O)(=O)N1CCc2nc([C@@H]3CCN(C(=O)CCc4ccccc4)C3)[nH]c(=O)c2C1. The van der Waals surface area contributed by atoms with Gasteiger partial charge in [-0.3, -0.25) is 9.59 Å². The van der Waals surface area contributed by atoms with Crippen LogP contribution in [0.5, 0.6) is 0 Å². The second-order valence-electron chi connectivity index (χ2n) is 8.03. The van der Waals surface area contributed by atoms with Crippen LogP contribution in [-0.2, 0) is 34.2 Å². The number of benzene rings is 1. The number of carbonyl (C=O) groups excluding carboxylic acids is 1. The number of carbonyl (C=O) groups is 1. The van der Waals surface area contributed by atoms with Gasteiger partial charge in [-0.2, -0.15) is 4.31 Å². The van der Waals surface area contributed by atoms with Crippen LogP contribution in [0.15, 0.2) is 35.1 Å². The minimum atomic E-state index is -3.34. The number of fused-ring (bicyclic) bond motifs is 1. The van der Waals surface area contributed by atoms with Gasteiger partial charge >= 0.3 is 0 Å². The van der Waals surface area contributed by atoms with E-state index in [0.29, 0.717) is 56.0 Å². The van der Waals surface area contributed by atoms with Crippen molar-refractivity contribution in [3.63, 3.8) is 0 Å². The fraction of sp³-hybridized carbons (Fsp3) is 0.476. The number of likely N-dealkylation sites (tertiary alicyclic amines) is 1.